The molecule has 1 N–H and O–H groups in total. The molecule has 2 atom stereocenters. The van der Waals surface area contributed by atoms with Gasteiger partial charge in [0.15, 0.2) is 0 Å². The lowest BCUT2D eigenvalue weighted by molar-refractivity contribution is -0.385. The summed E-state index contributed by atoms with van der Waals surface area (Å²) >= 11 is 3.31. The fraction of sp³-hybridized carbons (Fsp3) is 0.500. The van der Waals surface area contributed by atoms with E-state index in [-0.39, 0.29) is 11.8 Å². The number of benzene rings is 1. The van der Waals surface area contributed by atoms with Crippen molar-refractivity contribution in [2.75, 3.05) is 6.54 Å². The Labute approximate surface area is 114 Å². The highest BCUT2D eigenvalue weighted by Crippen LogP contribution is 2.31. The van der Waals surface area contributed by atoms with Crippen LogP contribution in [0.5, 0.6) is 5.75 Å². The van der Waals surface area contributed by atoms with Crippen LogP contribution >= 0.6 is 15.9 Å². The van der Waals surface area contributed by atoms with Gasteiger partial charge in [-0.2, -0.15) is 0 Å². The van der Waals surface area contributed by atoms with Crippen molar-refractivity contribution in [3.05, 3.63) is 32.8 Å². The third-order valence-corrected chi connectivity index (χ3v) is 3.71. The third-order valence-electron chi connectivity index (χ3n) is 3.09. The van der Waals surface area contributed by atoms with E-state index < -0.39 is 4.92 Å². The molecule has 0 saturated carbocycles. The van der Waals surface area contributed by atoms with Crippen LogP contribution in [-0.4, -0.2) is 23.6 Å². The van der Waals surface area contributed by atoms with Crippen molar-refractivity contribution in [2.45, 2.75) is 31.9 Å². The smallest absolute Gasteiger partial charge is 0.270 e. The number of ether oxygens (including phenoxy) is 1. The summed E-state index contributed by atoms with van der Waals surface area (Å²) in [6.07, 6.45) is 2.19. The summed E-state index contributed by atoms with van der Waals surface area (Å²) in [5.74, 6) is 0.654. The van der Waals surface area contributed by atoms with E-state index in [1.807, 2.05) is 0 Å². The van der Waals surface area contributed by atoms with Crippen molar-refractivity contribution in [3.8, 4) is 5.75 Å². The number of nitro benzene ring substituents is 1. The lowest BCUT2D eigenvalue weighted by Gasteiger charge is -2.30. The van der Waals surface area contributed by atoms with Gasteiger partial charge in [0.2, 0.25) is 0 Å². The molecular weight excluding hydrogens is 300 g/mol. The van der Waals surface area contributed by atoms with E-state index in [9.17, 15) is 10.1 Å². The van der Waals surface area contributed by atoms with Crippen LogP contribution in [0, 0.1) is 10.1 Å². The Morgan fingerprint density at radius 2 is 2.33 bits per heavy atom. The molecule has 0 spiro atoms. The molecule has 0 amide bonds. The summed E-state index contributed by atoms with van der Waals surface area (Å²) < 4.78 is 6.52. The molecule has 0 aromatic heterocycles. The minimum absolute atomic E-state index is 0.0593. The summed E-state index contributed by atoms with van der Waals surface area (Å²) in [6, 6.07) is 4.86. The molecule has 6 heteroatoms. The van der Waals surface area contributed by atoms with E-state index in [1.165, 1.54) is 12.1 Å². The standard InChI is InChI=1S/C12H15BrN2O3/c1-8-11(3-2-6-14-8)18-12-5-4-9(15(16)17)7-10(12)13/h4-5,7-8,11,14H,2-3,6H2,1H3/t8-,11+/m1/s1. The van der Waals surface area contributed by atoms with Gasteiger partial charge < -0.3 is 10.1 Å². The average Bonchev–Trinajstić information content (AvgIpc) is 2.34. The van der Waals surface area contributed by atoms with E-state index >= 15 is 0 Å². The molecule has 1 aliphatic heterocycles. The summed E-state index contributed by atoms with van der Waals surface area (Å²) in [7, 11) is 0. The van der Waals surface area contributed by atoms with Gasteiger partial charge in [-0.15, -0.1) is 0 Å². The van der Waals surface area contributed by atoms with Crippen LogP contribution < -0.4 is 10.1 Å². The van der Waals surface area contributed by atoms with Gasteiger partial charge in [-0.1, -0.05) is 0 Å². The van der Waals surface area contributed by atoms with Gasteiger partial charge in [0, 0.05) is 18.2 Å². The van der Waals surface area contributed by atoms with E-state index in [0.29, 0.717) is 16.3 Å². The van der Waals surface area contributed by atoms with E-state index in [0.717, 1.165) is 19.4 Å². The molecule has 2 rings (SSSR count). The molecule has 1 fully saturated rings. The maximum Gasteiger partial charge on any atom is 0.270 e. The second-order valence-corrected chi connectivity index (χ2v) is 5.27. The maximum absolute atomic E-state index is 10.6. The Morgan fingerprint density at radius 1 is 1.56 bits per heavy atom. The molecule has 18 heavy (non-hydrogen) atoms. The molecule has 1 aromatic rings. The Balaban J connectivity index is 2.11. The summed E-state index contributed by atoms with van der Waals surface area (Å²) in [6.45, 7) is 3.10. The SMILES string of the molecule is C[C@H]1NCCC[C@@H]1Oc1ccc([N+](=O)[O-])cc1Br. The van der Waals surface area contributed by atoms with Crippen molar-refractivity contribution in [1.29, 1.82) is 0 Å². The molecule has 5 nitrogen and oxygen atoms in total. The minimum Gasteiger partial charge on any atom is -0.488 e. The van der Waals surface area contributed by atoms with Crippen LogP contribution in [0.3, 0.4) is 0 Å². The largest absolute Gasteiger partial charge is 0.488 e. The Morgan fingerprint density at radius 3 is 2.94 bits per heavy atom. The number of piperidine rings is 1. The van der Waals surface area contributed by atoms with Gasteiger partial charge in [0.1, 0.15) is 11.9 Å². The molecule has 0 radical (unpaired) electrons. The Hall–Kier alpha value is -1.14. The fourth-order valence-electron chi connectivity index (χ4n) is 2.04. The van der Waals surface area contributed by atoms with Crippen LogP contribution in [0.15, 0.2) is 22.7 Å². The third kappa shape index (κ3) is 3.00. The van der Waals surface area contributed by atoms with Gasteiger partial charge in [-0.3, -0.25) is 10.1 Å². The number of hydrogen-bond donors (Lipinski definition) is 1. The van der Waals surface area contributed by atoms with Crippen LogP contribution in [0.2, 0.25) is 0 Å². The van der Waals surface area contributed by atoms with Crippen molar-refractivity contribution in [3.63, 3.8) is 0 Å². The first-order chi connectivity index (χ1) is 8.58. The van der Waals surface area contributed by atoms with Gasteiger partial charge in [-0.25, -0.2) is 0 Å². The zero-order valence-electron chi connectivity index (χ0n) is 10.1. The minimum atomic E-state index is -0.417. The highest BCUT2D eigenvalue weighted by atomic mass is 79.9. The maximum atomic E-state index is 10.6. The number of nitrogens with one attached hydrogen (secondary N) is 1. The Kier molecular flexibility index (Phi) is 4.19. The monoisotopic (exact) mass is 314 g/mol. The first-order valence-electron chi connectivity index (χ1n) is 5.92. The number of non-ortho nitro benzene ring substituents is 1. The second kappa shape index (κ2) is 5.67. The molecule has 0 unspecified atom stereocenters. The second-order valence-electron chi connectivity index (χ2n) is 4.41. The summed E-state index contributed by atoms with van der Waals surface area (Å²) in [4.78, 5) is 10.2. The molecule has 0 bridgehead atoms. The predicted molar refractivity (Wildman–Crippen MR) is 71.9 cm³/mol. The summed E-state index contributed by atoms with van der Waals surface area (Å²) in [5, 5.41) is 14.0. The molecule has 1 saturated heterocycles. The van der Waals surface area contributed by atoms with Crippen LogP contribution in [0.1, 0.15) is 19.8 Å². The number of rotatable bonds is 3. The van der Waals surface area contributed by atoms with Crippen molar-refractivity contribution < 1.29 is 9.66 Å². The molecule has 1 heterocycles. The number of hydrogen-bond acceptors (Lipinski definition) is 4. The van der Waals surface area contributed by atoms with Crippen LogP contribution in [0.25, 0.3) is 0 Å². The van der Waals surface area contributed by atoms with Crippen LogP contribution in [-0.2, 0) is 0 Å². The highest BCUT2D eigenvalue weighted by molar-refractivity contribution is 9.10. The highest BCUT2D eigenvalue weighted by Gasteiger charge is 2.23. The van der Waals surface area contributed by atoms with Gasteiger partial charge in [0.05, 0.1) is 9.40 Å². The van der Waals surface area contributed by atoms with Crippen molar-refractivity contribution in [1.82, 2.24) is 5.32 Å². The van der Waals surface area contributed by atoms with E-state index in [4.69, 9.17) is 4.74 Å². The number of halogens is 1. The molecule has 1 aliphatic rings. The van der Waals surface area contributed by atoms with Gasteiger partial charge in [0.25, 0.3) is 5.69 Å². The molecule has 98 valence electrons. The predicted octanol–water partition coefficient (Wildman–Crippen LogP) is 2.88. The first kappa shape index (κ1) is 13.3. The fourth-order valence-corrected chi connectivity index (χ4v) is 2.50. The average molecular weight is 315 g/mol. The van der Waals surface area contributed by atoms with Crippen molar-refractivity contribution in [2.24, 2.45) is 0 Å². The lowest BCUT2D eigenvalue weighted by atomic mass is 10.0. The van der Waals surface area contributed by atoms with Gasteiger partial charge >= 0.3 is 0 Å². The molecule has 1 aromatic carbocycles. The first-order valence-corrected chi connectivity index (χ1v) is 6.71. The lowest BCUT2D eigenvalue weighted by Crippen LogP contribution is -2.45. The number of nitro groups is 1. The number of nitrogens with zero attached hydrogens (tertiary/aromatic N) is 1. The normalized spacial score (nSPS) is 23.7. The molecular formula is C12H15BrN2O3. The van der Waals surface area contributed by atoms with E-state index in [1.54, 1.807) is 6.07 Å². The van der Waals surface area contributed by atoms with Gasteiger partial charge in [-0.05, 0) is 48.3 Å². The van der Waals surface area contributed by atoms with Crippen molar-refractivity contribution >= 4 is 21.6 Å². The van der Waals surface area contributed by atoms with Crippen LogP contribution in [0.4, 0.5) is 5.69 Å². The topological polar surface area (TPSA) is 64.4 Å². The quantitative estimate of drug-likeness (QED) is 0.688. The molecule has 0 aliphatic carbocycles. The zero-order chi connectivity index (χ0) is 13.1. The Bertz CT molecular complexity index is 453. The zero-order valence-corrected chi connectivity index (χ0v) is 11.6. The van der Waals surface area contributed by atoms with E-state index in [2.05, 4.69) is 28.2 Å². The summed E-state index contributed by atoms with van der Waals surface area (Å²) in [5.41, 5.74) is 0.0593.